The highest BCUT2D eigenvalue weighted by Crippen LogP contribution is 2.13. The number of hydrogen-bond acceptors (Lipinski definition) is 4. The smallest absolute Gasteiger partial charge is 0.156 e. The lowest BCUT2D eigenvalue weighted by Gasteiger charge is -2.08. The molecular formula is C10H14N4O. The summed E-state index contributed by atoms with van der Waals surface area (Å²) in [5, 5.41) is 14.0. The monoisotopic (exact) mass is 206 g/mol. The fraction of sp³-hybridized carbons (Fsp3) is 0.400. The lowest BCUT2D eigenvalue weighted by molar-refractivity contribution is 0.179. The fourth-order valence-electron chi connectivity index (χ4n) is 1.49. The van der Waals surface area contributed by atoms with Crippen LogP contribution in [0.4, 0.5) is 0 Å². The minimum Gasteiger partial charge on any atom is -0.385 e. The van der Waals surface area contributed by atoms with Crippen LogP contribution in [0.2, 0.25) is 0 Å². The Kier molecular flexibility index (Phi) is 2.66. The molecule has 1 unspecified atom stereocenters. The first kappa shape index (κ1) is 10.1. The van der Waals surface area contributed by atoms with E-state index in [1.54, 1.807) is 10.6 Å². The van der Waals surface area contributed by atoms with Crippen molar-refractivity contribution in [3.8, 4) is 0 Å². The number of aliphatic hydroxyl groups is 1. The molecule has 2 aromatic heterocycles. The van der Waals surface area contributed by atoms with Crippen molar-refractivity contribution in [1.29, 1.82) is 0 Å². The predicted octanol–water partition coefficient (Wildman–Crippen LogP) is 0.284. The summed E-state index contributed by atoms with van der Waals surface area (Å²) in [7, 11) is 0. The van der Waals surface area contributed by atoms with Crippen LogP contribution < -0.4 is 5.73 Å². The molecule has 0 aliphatic rings. The minimum atomic E-state index is -0.694. The first-order chi connectivity index (χ1) is 7.26. The van der Waals surface area contributed by atoms with Crippen molar-refractivity contribution in [1.82, 2.24) is 14.6 Å². The maximum absolute atomic E-state index is 9.70. The summed E-state index contributed by atoms with van der Waals surface area (Å²) in [4.78, 5) is 4.31. The molecule has 0 saturated carbocycles. The first-order valence-corrected chi connectivity index (χ1v) is 4.99. The molecule has 2 rings (SSSR count). The van der Waals surface area contributed by atoms with E-state index in [4.69, 9.17) is 5.73 Å². The first-order valence-electron chi connectivity index (χ1n) is 4.99. The van der Waals surface area contributed by atoms with Crippen LogP contribution in [0.1, 0.15) is 24.5 Å². The predicted molar refractivity (Wildman–Crippen MR) is 56.4 cm³/mol. The van der Waals surface area contributed by atoms with Crippen LogP contribution in [0.5, 0.6) is 0 Å². The molecule has 1 atom stereocenters. The third kappa shape index (κ3) is 1.71. The summed E-state index contributed by atoms with van der Waals surface area (Å²) in [6.07, 6.45) is 0.0833. The molecule has 2 aromatic rings. The van der Waals surface area contributed by atoms with Crippen molar-refractivity contribution in [2.24, 2.45) is 5.73 Å². The SMILES string of the molecule is CCc1nc2cccc(C(O)CN)n2n1. The Balaban J connectivity index is 2.59. The number of fused-ring (bicyclic) bond motifs is 1. The molecule has 15 heavy (non-hydrogen) atoms. The highest BCUT2D eigenvalue weighted by atomic mass is 16.3. The summed E-state index contributed by atoms with van der Waals surface area (Å²) in [6.45, 7) is 2.17. The molecule has 0 radical (unpaired) electrons. The molecule has 0 aliphatic heterocycles. The molecule has 80 valence electrons. The van der Waals surface area contributed by atoms with Crippen LogP contribution in [0.25, 0.3) is 5.65 Å². The van der Waals surface area contributed by atoms with Gasteiger partial charge < -0.3 is 10.8 Å². The quantitative estimate of drug-likeness (QED) is 0.756. The van der Waals surface area contributed by atoms with E-state index in [0.717, 1.165) is 17.9 Å². The van der Waals surface area contributed by atoms with E-state index < -0.39 is 6.10 Å². The standard InChI is InChI=1S/C10H14N4O/c1-2-9-12-10-5-3-4-7(8(15)6-11)14(10)13-9/h3-5,8,15H,2,6,11H2,1H3. The lowest BCUT2D eigenvalue weighted by Crippen LogP contribution is -2.15. The summed E-state index contributed by atoms with van der Waals surface area (Å²) < 4.78 is 1.65. The van der Waals surface area contributed by atoms with Gasteiger partial charge in [-0.2, -0.15) is 5.10 Å². The van der Waals surface area contributed by atoms with Gasteiger partial charge in [0.25, 0.3) is 0 Å². The molecule has 5 nitrogen and oxygen atoms in total. The number of rotatable bonds is 3. The fourth-order valence-corrected chi connectivity index (χ4v) is 1.49. The Morgan fingerprint density at radius 1 is 1.53 bits per heavy atom. The molecular weight excluding hydrogens is 192 g/mol. The van der Waals surface area contributed by atoms with E-state index in [1.807, 2.05) is 19.1 Å². The number of aryl methyl sites for hydroxylation is 1. The number of hydrogen-bond donors (Lipinski definition) is 2. The molecule has 2 heterocycles. The van der Waals surface area contributed by atoms with Gasteiger partial charge >= 0.3 is 0 Å². The van der Waals surface area contributed by atoms with Gasteiger partial charge in [-0.05, 0) is 12.1 Å². The van der Waals surface area contributed by atoms with Crippen molar-refractivity contribution < 1.29 is 5.11 Å². The van der Waals surface area contributed by atoms with Crippen molar-refractivity contribution in [2.75, 3.05) is 6.54 Å². The van der Waals surface area contributed by atoms with Gasteiger partial charge in [0.05, 0.1) is 5.69 Å². The van der Waals surface area contributed by atoms with Gasteiger partial charge in [-0.1, -0.05) is 13.0 Å². The van der Waals surface area contributed by atoms with Gasteiger partial charge in [-0.15, -0.1) is 0 Å². The number of nitrogens with two attached hydrogens (primary N) is 1. The van der Waals surface area contributed by atoms with Gasteiger partial charge in [0.15, 0.2) is 11.5 Å². The molecule has 0 spiro atoms. The Bertz CT molecular complexity index is 465. The topological polar surface area (TPSA) is 76.4 Å². The maximum atomic E-state index is 9.70. The number of nitrogens with zero attached hydrogens (tertiary/aromatic N) is 3. The van der Waals surface area contributed by atoms with Gasteiger partial charge in [0.2, 0.25) is 0 Å². The second-order valence-electron chi connectivity index (χ2n) is 3.35. The van der Waals surface area contributed by atoms with E-state index in [0.29, 0.717) is 5.69 Å². The van der Waals surface area contributed by atoms with Gasteiger partial charge in [-0.25, -0.2) is 9.50 Å². The van der Waals surface area contributed by atoms with Crippen molar-refractivity contribution >= 4 is 5.65 Å². The van der Waals surface area contributed by atoms with Crippen molar-refractivity contribution in [2.45, 2.75) is 19.4 Å². The van der Waals surface area contributed by atoms with E-state index in [-0.39, 0.29) is 6.54 Å². The number of pyridine rings is 1. The Hall–Kier alpha value is -1.46. The molecule has 3 N–H and O–H groups in total. The largest absolute Gasteiger partial charge is 0.385 e. The van der Waals surface area contributed by atoms with E-state index in [2.05, 4.69) is 10.1 Å². The van der Waals surface area contributed by atoms with Crippen LogP contribution in [0.3, 0.4) is 0 Å². The highest BCUT2D eigenvalue weighted by Gasteiger charge is 2.11. The minimum absolute atomic E-state index is 0.181. The second-order valence-corrected chi connectivity index (χ2v) is 3.35. The highest BCUT2D eigenvalue weighted by molar-refractivity contribution is 5.39. The van der Waals surface area contributed by atoms with Gasteiger partial charge in [0, 0.05) is 13.0 Å². The zero-order valence-electron chi connectivity index (χ0n) is 8.59. The molecule has 5 heteroatoms. The van der Waals surface area contributed by atoms with E-state index in [1.165, 1.54) is 0 Å². The maximum Gasteiger partial charge on any atom is 0.156 e. The zero-order chi connectivity index (χ0) is 10.8. The molecule has 0 amide bonds. The molecule has 0 bridgehead atoms. The normalized spacial score (nSPS) is 13.3. The van der Waals surface area contributed by atoms with Crippen molar-refractivity contribution in [3.63, 3.8) is 0 Å². The zero-order valence-corrected chi connectivity index (χ0v) is 8.59. The second kappa shape index (κ2) is 3.96. The number of aromatic nitrogens is 3. The summed E-state index contributed by atoms with van der Waals surface area (Å²) in [5.74, 6) is 0.770. The lowest BCUT2D eigenvalue weighted by atomic mass is 10.2. The van der Waals surface area contributed by atoms with Crippen LogP contribution in [0, 0.1) is 0 Å². The average Bonchev–Trinajstić information content (AvgIpc) is 2.70. The van der Waals surface area contributed by atoms with E-state index >= 15 is 0 Å². The Morgan fingerprint density at radius 3 is 3.00 bits per heavy atom. The van der Waals surface area contributed by atoms with E-state index in [9.17, 15) is 5.11 Å². The van der Waals surface area contributed by atoms with Crippen LogP contribution in [0.15, 0.2) is 18.2 Å². The van der Waals surface area contributed by atoms with Crippen LogP contribution in [-0.4, -0.2) is 26.2 Å². The van der Waals surface area contributed by atoms with Crippen LogP contribution in [-0.2, 0) is 6.42 Å². The third-order valence-corrected chi connectivity index (χ3v) is 2.31. The molecule has 0 saturated heterocycles. The van der Waals surface area contributed by atoms with Gasteiger partial charge in [0.1, 0.15) is 6.10 Å². The van der Waals surface area contributed by atoms with Crippen molar-refractivity contribution in [3.05, 3.63) is 29.7 Å². The molecule has 0 fully saturated rings. The average molecular weight is 206 g/mol. The summed E-state index contributed by atoms with van der Waals surface area (Å²) >= 11 is 0. The summed E-state index contributed by atoms with van der Waals surface area (Å²) in [6, 6.07) is 5.51. The molecule has 0 aliphatic carbocycles. The third-order valence-electron chi connectivity index (χ3n) is 2.31. The van der Waals surface area contributed by atoms with Crippen LogP contribution >= 0.6 is 0 Å². The molecule has 0 aromatic carbocycles. The Morgan fingerprint density at radius 2 is 2.33 bits per heavy atom. The number of aliphatic hydroxyl groups excluding tert-OH is 1. The summed E-state index contributed by atoms with van der Waals surface area (Å²) in [5.41, 5.74) is 6.85. The Labute approximate surface area is 87.6 Å². The van der Waals surface area contributed by atoms with Gasteiger partial charge in [-0.3, -0.25) is 0 Å².